The minimum Gasteiger partial charge on any atom is -0.439 e. The number of hydrogen-bond acceptors (Lipinski definition) is 8. The average Bonchev–Trinajstić information content (AvgIpc) is 3.13. The molecular formula is C23H33N2O5S2-. The Morgan fingerprint density at radius 3 is 2.22 bits per heavy atom. The highest BCUT2D eigenvalue weighted by atomic mass is 32.2. The molecule has 1 amide bonds. The Labute approximate surface area is 196 Å². The predicted molar refractivity (Wildman–Crippen MR) is 126 cm³/mol. The molecule has 1 aromatic carbocycles. The topological polar surface area (TPSA) is 109 Å². The number of nitrogens with zero attached hydrogens (tertiary/aromatic N) is 2. The number of methoxy groups -OCH3 is 1. The van der Waals surface area contributed by atoms with Crippen molar-refractivity contribution in [3.63, 3.8) is 0 Å². The molecule has 0 saturated heterocycles. The van der Waals surface area contributed by atoms with Gasteiger partial charge in [0.2, 0.25) is 5.91 Å². The first-order valence-corrected chi connectivity index (χ1v) is 12.5. The van der Waals surface area contributed by atoms with Crippen LogP contribution in [0.4, 0.5) is 0 Å². The van der Waals surface area contributed by atoms with E-state index < -0.39 is 28.7 Å². The third-order valence-electron chi connectivity index (χ3n) is 4.94. The van der Waals surface area contributed by atoms with E-state index in [4.69, 9.17) is 4.74 Å². The van der Waals surface area contributed by atoms with Gasteiger partial charge in [-0.2, -0.15) is 0 Å². The molecule has 32 heavy (non-hydrogen) atoms. The van der Waals surface area contributed by atoms with E-state index in [0.29, 0.717) is 11.6 Å². The van der Waals surface area contributed by atoms with Crippen LogP contribution in [-0.4, -0.2) is 28.2 Å². The van der Waals surface area contributed by atoms with E-state index in [9.17, 15) is 19.2 Å². The first-order chi connectivity index (χ1) is 14.9. The van der Waals surface area contributed by atoms with Crippen molar-refractivity contribution < 1.29 is 24.0 Å². The van der Waals surface area contributed by atoms with Crippen molar-refractivity contribution in [1.29, 1.82) is 0 Å². The first kappa shape index (κ1) is 26.6. The van der Waals surface area contributed by atoms with Gasteiger partial charge in [0.1, 0.15) is 10.6 Å². The molecule has 0 spiro atoms. The molecule has 9 heteroatoms. The Morgan fingerprint density at radius 1 is 1.22 bits per heavy atom. The lowest BCUT2D eigenvalue weighted by Gasteiger charge is -2.21. The van der Waals surface area contributed by atoms with Crippen LogP contribution in [0.3, 0.4) is 0 Å². The van der Waals surface area contributed by atoms with Crippen molar-refractivity contribution in [2.24, 2.45) is 4.36 Å². The smallest absolute Gasteiger partial charge is 0.227 e. The van der Waals surface area contributed by atoms with Gasteiger partial charge in [-0.05, 0) is 52.1 Å². The summed E-state index contributed by atoms with van der Waals surface area (Å²) >= 11 is 0.990. The third-order valence-corrected chi connectivity index (χ3v) is 7.74. The number of ether oxygens (including phenoxy) is 1. The Bertz CT molecular complexity index is 1020. The molecule has 0 unspecified atom stereocenters. The van der Waals surface area contributed by atoms with Gasteiger partial charge >= 0.3 is 0 Å². The number of aliphatic hydroxyl groups is 2. The van der Waals surface area contributed by atoms with E-state index in [2.05, 4.69) is 49.2 Å². The second-order valence-corrected chi connectivity index (χ2v) is 11.2. The molecule has 0 aliphatic carbocycles. The first-order valence-electron chi connectivity index (χ1n) is 10.5. The number of benzene rings is 1. The molecule has 1 aromatic heterocycles. The number of aliphatic hydroxyl groups excluding tert-OH is 1. The van der Waals surface area contributed by atoms with Gasteiger partial charge in [-0.25, -0.2) is 4.98 Å². The number of amides is 1. The molecule has 0 saturated carbocycles. The summed E-state index contributed by atoms with van der Waals surface area (Å²) in [7, 11) is -0.362. The van der Waals surface area contributed by atoms with Crippen LogP contribution >= 0.6 is 11.3 Å². The Hall–Kier alpha value is -1.65. The second kappa shape index (κ2) is 11.0. The molecule has 0 fully saturated rings. The molecule has 2 aromatic rings. The summed E-state index contributed by atoms with van der Waals surface area (Å²) in [6, 6.07) is 4.12. The number of carbonyl (C=O) groups is 1. The zero-order chi connectivity index (χ0) is 24.2. The normalized spacial score (nSPS) is 13.3. The third kappa shape index (κ3) is 6.45. The molecule has 0 bridgehead atoms. The van der Waals surface area contributed by atoms with Crippen LogP contribution in [0.1, 0.15) is 86.3 Å². The lowest BCUT2D eigenvalue weighted by molar-refractivity contribution is -0.117. The van der Waals surface area contributed by atoms with Crippen LogP contribution in [-0.2, 0) is 49.6 Å². The van der Waals surface area contributed by atoms with Crippen LogP contribution in [0.5, 0.6) is 0 Å². The highest BCUT2D eigenvalue weighted by Gasteiger charge is 2.22. The fourth-order valence-corrected chi connectivity index (χ4v) is 5.51. The summed E-state index contributed by atoms with van der Waals surface area (Å²) in [5.41, 5.74) is 2.98. The maximum atomic E-state index is 12.8. The quantitative estimate of drug-likeness (QED) is 0.509. The van der Waals surface area contributed by atoms with Crippen LogP contribution in [0.25, 0.3) is 0 Å². The van der Waals surface area contributed by atoms with E-state index in [-0.39, 0.29) is 28.2 Å². The lowest BCUT2D eigenvalue weighted by atomic mass is 9.85. The number of carbonyl (C=O) groups excluding carboxylic acids is 1. The number of aromatic nitrogens is 1. The number of rotatable bonds is 9. The summed E-state index contributed by atoms with van der Waals surface area (Å²) in [6.07, 6.45) is 0.0334. The van der Waals surface area contributed by atoms with Crippen LogP contribution in [0.15, 0.2) is 20.7 Å². The molecule has 0 radical (unpaired) electrons. The standard InChI is InChI=1S/C23H33N2O5S2/c1-13(2)16-8-15(12-30-7)9-17(14(3)4)18(16)10-20(27)25-32(29)21-19(11-26)24-22(31-21)23(5,6)28/h8-9,13-14,26,28H,10-12H2,1-7H3/q-1. The van der Waals surface area contributed by atoms with E-state index in [0.717, 1.165) is 33.6 Å². The molecular weight excluding hydrogens is 448 g/mol. The van der Waals surface area contributed by atoms with Crippen molar-refractivity contribution in [3.05, 3.63) is 45.1 Å². The van der Waals surface area contributed by atoms with E-state index >= 15 is 0 Å². The minimum atomic E-state index is -2.01. The Kier molecular flexibility index (Phi) is 9.13. The fourth-order valence-electron chi connectivity index (χ4n) is 3.42. The molecule has 0 atom stereocenters. The zero-order valence-corrected chi connectivity index (χ0v) is 21.4. The van der Waals surface area contributed by atoms with E-state index in [1.807, 2.05) is 0 Å². The summed E-state index contributed by atoms with van der Waals surface area (Å²) < 4.78 is 22.2. The molecule has 2 rings (SSSR count). The van der Waals surface area contributed by atoms with E-state index in [1.54, 1.807) is 21.0 Å². The molecule has 0 aliphatic heterocycles. The molecule has 7 nitrogen and oxygen atoms in total. The second-order valence-electron chi connectivity index (χ2n) is 8.88. The van der Waals surface area contributed by atoms with Gasteiger partial charge in [0.15, 0.2) is 0 Å². The molecule has 178 valence electrons. The maximum Gasteiger partial charge on any atom is 0.227 e. The fraction of sp³-hybridized carbons (Fsp3) is 0.565. The molecule has 2 N–H and O–H groups in total. The average molecular weight is 482 g/mol. The Morgan fingerprint density at radius 2 is 1.78 bits per heavy atom. The summed E-state index contributed by atoms with van der Waals surface area (Å²) in [5, 5.41) is 20.0. The van der Waals surface area contributed by atoms with Gasteiger partial charge in [-0.15, -0.1) is 21.9 Å². The Balaban J connectivity index is 2.46. The van der Waals surface area contributed by atoms with Crippen molar-refractivity contribution in [2.45, 2.75) is 82.8 Å². The van der Waals surface area contributed by atoms with Gasteiger partial charge < -0.3 is 23.5 Å². The van der Waals surface area contributed by atoms with Crippen molar-refractivity contribution in [1.82, 2.24) is 4.98 Å². The van der Waals surface area contributed by atoms with Crippen molar-refractivity contribution in [3.8, 4) is 0 Å². The maximum absolute atomic E-state index is 12.8. The van der Waals surface area contributed by atoms with Crippen LogP contribution in [0, 0.1) is 0 Å². The summed E-state index contributed by atoms with van der Waals surface area (Å²) in [4.78, 5) is 17.0. The van der Waals surface area contributed by atoms with Crippen LogP contribution < -0.4 is 0 Å². The number of hydrogen-bond donors (Lipinski definition) is 2. The van der Waals surface area contributed by atoms with Crippen molar-refractivity contribution in [2.75, 3.05) is 7.11 Å². The highest BCUT2D eigenvalue weighted by Crippen LogP contribution is 2.32. The van der Waals surface area contributed by atoms with Gasteiger partial charge in [0.25, 0.3) is 0 Å². The zero-order valence-electron chi connectivity index (χ0n) is 19.8. The highest BCUT2D eigenvalue weighted by molar-refractivity contribution is 7.78. The van der Waals surface area contributed by atoms with E-state index in [1.165, 1.54) is 0 Å². The van der Waals surface area contributed by atoms with Gasteiger partial charge in [0, 0.05) is 7.11 Å². The molecule has 1 heterocycles. The predicted octanol–water partition coefficient (Wildman–Crippen LogP) is 4.53. The SMILES string of the molecule is COCc1cc(C(C)C)c(CC(=O)N=[S-](=O)c2sc(C(C)(C)O)nc2CO)c(C(C)C)c1. The van der Waals surface area contributed by atoms with Crippen molar-refractivity contribution >= 4 is 27.8 Å². The number of thiazole rings is 1. The largest absolute Gasteiger partial charge is 0.439 e. The summed E-state index contributed by atoms with van der Waals surface area (Å²) in [5.74, 6) is -0.127. The molecule has 0 aliphatic rings. The van der Waals surface area contributed by atoms with Gasteiger partial charge in [-0.3, -0.25) is 4.79 Å². The monoisotopic (exact) mass is 481 g/mol. The van der Waals surface area contributed by atoms with Gasteiger partial charge in [0.05, 0.1) is 25.3 Å². The lowest BCUT2D eigenvalue weighted by Crippen LogP contribution is -2.14. The van der Waals surface area contributed by atoms with Crippen LogP contribution in [0.2, 0.25) is 0 Å². The summed E-state index contributed by atoms with van der Waals surface area (Å²) in [6.45, 7) is 11.4. The minimum absolute atomic E-state index is 0.0334. The van der Waals surface area contributed by atoms with Gasteiger partial charge in [-0.1, -0.05) is 39.8 Å².